The number of thioether (sulfide) groups is 1. The van der Waals surface area contributed by atoms with Crippen LogP contribution in [-0.4, -0.2) is 46.1 Å². The van der Waals surface area contributed by atoms with Gasteiger partial charge in [-0.2, -0.15) is 0 Å². The normalized spacial score (nSPS) is 10.5. The molecule has 1 amide bonds. The smallest absolute Gasteiger partial charge is 0.338 e. The van der Waals surface area contributed by atoms with Crippen molar-refractivity contribution in [3.63, 3.8) is 0 Å². The number of methoxy groups -OCH3 is 1. The average molecular weight is 441 g/mol. The number of hydrogen-bond acceptors (Lipinski definition) is 7. The number of amides is 1. The highest BCUT2D eigenvalue weighted by atomic mass is 32.2. The Balaban J connectivity index is 1.56. The fraction of sp³-hybridized carbons (Fsp3) is 0.273. The molecule has 0 fully saturated rings. The van der Waals surface area contributed by atoms with Crippen LogP contribution in [0.15, 0.2) is 60.0 Å². The first kappa shape index (κ1) is 22.4. The largest absolute Gasteiger partial charge is 0.495 e. The van der Waals surface area contributed by atoms with E-state index in [9.17, 15) is 9.59 Å². The molecule has 0 radical (unpaired) electrons. The number of nitrogens with zero attached hydrogens (tertiary/aromatic N) is 3. The maximum atomic E-state index is 12.4. The van der Waals surface area contributed by atoms with Crippen LogP contribution in [0.25, 0.3) is 5.69 Å². The predicted octanol–water partition coefficient (Wildman–Crippen LogP) is 3.96. The molecule has 0 saturated heterocycles. The molecule has 9 heteroatoms. The number of esters is 1. The van der Waals surface area contributed by atoms with E-state index in [4.69, 9.17) is 9.47 Å². The summed E-state index contributed by atoms with van der Waals surface area (Å²) in [6.45, 7) is 2.44. The molecule has 0 aliphatic heterocycles. The van der Waals surface area contributed by atoms with Crippen LogP contribution in [0.5, 0.6) is 5.75 Å². The molecule has 0 saturated carbocycles. The lowest BCUT2D eigenvalue weighted by Crippen LogP contribution is -2.15. The first-order valence-electron chi connectivity index (χ1n) is 9.85. The number of carbonyl (C=O) groups is 2. The average Bonchev–Trinajstić information content (AvgIpc) is 3.26. The number of carbonyl (C=O) groups excluding carboxylic acids is 2. The predicted molar refractivity (Wildman–Crippen MR) is 119 cm³/mol. The van der Waals surface area contributed by atoms with Gasteiger partial charge < -0.3 is 14.8 Å². The van der Waals surface area contributed by atoms with E-state index >= 15 is 0 Å². The van der Waals surface area contributed by atoms with Crippen LogP contribution in [0.3, 0.4) is 0 Å². The summed E-state index contributed by atoms with van der Waals surface area (Å²) in [5.41, 5.74) is 1.84. The van der Waals surface area contributed by atoms with Crippen molar-refractivity contribution >= 4 is 29.3 Å². The Labute approximate surface area is 185 Å². The Bertz CT molecular complexity index is 1020. The summed E-state index contributed by atoms with van der Waals surface area (Å²) < 4.78 is 12.3. The molecule has 1 heterocycles. The summed E-state index contributed by atoms with van der Waals surface area (Å²) in [4.78, 5) is 24.3. The van der Waals surface area contributed by atoms with Gasteiger partial charge in [-0.25, -0.2) is 4.79 Å². The minimum absolute atomic E-state index is 0.147. The molecule has 162 valence electrons. The van der Waals surface area contributed by atoms with Crippen LogP contribution in [0.4, 0.5) is 5.69 Å². The molecule has 3 rings (SSSR count). The summed E-state index contributed by atoms with van der Waals surface area (Å²) >= 11 is 1.26. The van der Waals surface area contributed by atoms with Gasteiger partial charge in [-0.05, 0) is 42.8 Å². The maximum absolute atomic E-state index is 12.4. The van der Waals surface area contributed by atoms with E-state index in [1.54, 1.807) is 42.3 Å². The molecule has 0 spiro atoms. The summed E-state index contributed by atoms with van der Waals surface area (Å²) in [6.07, 6.45) is 3.38. The van der Waals surface area contributed by atoms with Gasteiger partial charge in [-0.1, -0.05) is 37.2 Å². The number of benzene rings is 2. The second kappa shape index (κ2) is 11.2. The summed E-state index contributed by atoms with van der Waals surface area (Å²) in [5.74, 6) is 0.270. The molecule has 31 heavy (non-hydrogen) atoms. The molecule has 0 bridgehead atoms. The second-order valence-electron chi connectivity index (χ2n) is 6.56. The van der Waals surface area contributed by atoms with Crippen molar-refractivity contribution in [2.24, 2.45) is 0 Å². The Morgan fingerprint density at radius 1 is 1.13 bits per heavy atom. The zero-order valence-corrected chi connectivity index (χ0v) is 18.2. The Kier molecular flexibility index (Phi) is 8.05. The monoisotopic (exact) mass is 440 g/mol. The summed E-state index contributed by atoms with van der Waals surface area (Å²) in [5, 5.41) is 11.4. The molecule has 3 aromatic rings. The zero-order chi connectivity index (χ0) is 22.1. The lowest BCUT2D eigenvalue weighted by molar-refractivity contribution is -0.113. The van der Waals surface area contributed by atoms with Crippen LogP contribution in [-0.2, 0) is 9.53 Å². The first-order valence-corrected chi connectivity index (χ1v) is 10.8. The third kappa shape index (κ3) is 6.08. The fourth-order valence-electron chi connectivity index (χ4n) is 2.73. The van der Waals surface area contributed by atoms with Gasteiger partial charge in [0.2, 0.25) is 5.91 Å². The number of ether oxygens (including phenoxy) is 2. The third-order valence-electron chi connectivity index (χ3n) is 4.33. The van der Waals surface area contributed by atoms with E-state index in [1.165, 1.54) is 11.8 Å². The third-order valence-corrected chi connectivity index (χ3v) is 5.27. The molecule has 0 unspecified atom stereocenters. The van der Waals surface area contributed by atoms with Crippen molar-refractivity contribution < 1.29 is 19.1 Å². The topological polar surface area (TPSA) is 95.3 Å². The SMILES string of the molecule is CCCCOC(=O)c1ccc(NC(=O)CSc2nncn2-c2ccccc2OC)cc1. The Hall–Kier alpha value is -3.33. The van der Waals surface area contributed by atoms with Crippen LogP contribution < -0.4 is 10.1 Å². The van der Waals surface area contributed by atoms with Crippen LogP contribution in [0, 0.1) is 0 Å². The highest BCUT2D eigenvalue weighted by Gasteiger charge is 2.13. The number of rotatable bonds is 10. The van der Waals surface area contributed by atoms with Crippen LogP contribution >= 0.6 is 11.8 Å². The number of hydrogen-bond donors (Lipinski definition) is 1. The highest BCUT2D eigenvalue weighted by Crippen LogP contribution is 2.26. The van der Waals surface area contributed by atoms with E-state index < -0.39 is 0 Å². The minimum Gasteiger partial charge on any atom is -0.495 e. The van der Waals surface area contributed by atoms with Crippen molar-refractivity contribution in [2.75, 3.05) is 24.8 Å². The van der Waals surface area contributed by atoms with E-state index in [2.05, 4.69) is 15.5 Å². The number of anilines is 1. The molecular formula is C22H24N4O4S. The van der Waals surface area contributed by atoms with Gasteiger partial charge in [0.15, 0.2) is 5.16 Å². The van der Waals surface area contributed by atoms with E-state index in [0.717, 1.165) is 18.5 Å². The van der Waals surface area contributed by atoms with Gasteiger partial charge in [-0.3, -0.25) is 9.36 Å². The number of para-hydroxylation sites is 2. The lowest BCUT2D eigenvalue weighted by atomic mass is 10.2. The lowest BCUT2D eigenvalue weighted by Gasteiger charge is -2.10. The van der Waals surface area contributed by atoms with Gasteiger partial charge >= 0.3 is 5.97 Å². The van der Waals surface area contributed by atoms with E-state index in [0.29, 0.717) is 28.8 Å². The number of nitrogens with one attached hydrogen (secondary N) is 1. The van der Waals surface area contributed by atoms with Crippen molar-refractivity contribution in [3.8, 4) is 11.4 Å². The van der Waals surface area contributed by atoms with Gasteiger partial charge in [-0.15, -0.1) is 10.2 Å². The Morgan fingerprint density at radius 3 is 2.65 bits per heavy atom. The molecule has 1 N–H and O–H groups in total. The van der Waals surface area contributed by atoms with Crippen molar-refractivity contribution in [3.05, 3.63) is 60.4 Å². The first-order chi connectivity index (χ1) is 15.1. The Morgan fingerprint density at radius 2 is 1.90 bits per heavy atom. The van der Waals surface area contributed by atoms with Crippen molar-refractivity contribution in [1.29, 1.82) is 0 Å². The van der Waals surface area contributed by atoms with Gasteiger partial charge in [0, 0.05) is 5.69 Å². The summed E-state index contributed by atoms with van der Waals surface area (Å²) in [6, 6.07) is 14.1. The zero-order valence-electron chi connectivity index (χ0n) is 17.4. The number of unbranched alkanes of at least 4 members (excludes halogenated alkanes) is 1. The minimum atomic E-state index is -0.363. The fourth-order valence-corrected chi connectivity index (χ4v) is 3.45. The maximum Gasteiger partial charge on any atom is 0.338 e. The molecule has 8 nitrogen and oxygen atoms in total. The molecular weight excluding hydrogens is 416 g/mol. The second-order valence-corrected chi connectivity index (χ2v) is 7.50. The van der Waals surface area contributed by atoms with Crippen LogP contribution in [0.2, 0.25) is 0 Å². The van der Waals surface area contributed by atoms with Gasteiger partial charge in [0.25, 0.3) is 0 Å². The standard InChI is InChI=1S/C22H24N4O4S/c1-3-4-13-30-21(28)16-9-11-17(12-10-16)24-20(27)14-31-22-25-23-15-26(22)18-7-5-6-8-19(18)29-2/h5-12,15H,3-4,13-14H2,1-2H3,(H,24,27). The van der Waals surface area contributed by atoms with Gasteiger partial charge in [0.1, 0.15) is 12.1 Å². The molecule has 2 aromatic carbocycles. The molecule has 0 atom stereocenters. The number of aromatic nitrogens is 3. The van der Waals surface area contributed by atoms with E-state index in [1.807, 2.05) is 31.2 Å². The van der Waals surface area contributed by atoms with Crippen molar-refractivity contribution in [1.82, 2.24) is 14.8 Å². The molecule has 1 aromatic heterocycles. The van der Waals surface area contributed by atoms with Gasteiger partial charge in [0.05, 0.1) is 30.7 Å². The molecule has 0 aliphatic carbocycles. The quantitative estimate of drug-likeness (QED) is 0.290. The van der Waals surface area contributed by atoms with Crippen LogP contribution in [0.1, 0.15) is 30.1 Å². The van der Waals surface area contributed by atoms with E-state index in [-0.39, 0.29) is 17.6 Å². The summed E-state index contributed by atoms with van der Waals surface area (Å²) in [7, 11) is 1.60. The van der Waals surface area contributed by atoms with Crippen molar-refractivity contribution in [2.45, 2.75) is 24.9 Å². The molecule has 0 aliphatic rings. The highest BCUT2D eigenvalue weighted by molar-refractivity contribution is 7.99.